The predicted molar refractivity (Wildman–Crippen MR) is 48.8 cm³/mol. The fraction of sp³-hybridized carbons (Fsp3) is 1.00. The summed E-state index contributed by atoms with van der Waals surface area (Å²) in [4.78, 5) is 0. The normalized spacial score (nSPS) is 39.5. The van der Waals surface area contributed by atoms with Gasteiger partial charge in [0.25, 0.3) is 0 Å². The minimum atomic E-state index is 0.558. The Hall–Kier alpha value is -0.0800. The zero-order valence-corrected chi connectivity index (χ0v) is 7.88. The van der Waals surface area contributed by atoms with Crippen molar-refractivity contribution in [2.24, 2.45) is 23.0 Å². The molecule has 0 aromatic rings. The van der Waals surface area contributed by atoms with E-state index in [1.807, 2.05) is 0 Å². The molecule has 2 unspecified atom stereocenters. The molecule has 1 heterocycles. The van der Waals surface area contributed by atoms with E-state index in [4.69, 9.17) is 10.5 Å². The maximum Gasteiger partial charge on any atom is 0.0471 e. The monoisotopic (exact) mass is 169 g/mol. The molecule has 1 aliphatic carbocycles. The summed E-state index contributed by atoms with van der Waals surface area (Å²) in [5.74, 6) is 1.74. The van der Waals surface area contributed by atoms with Crippen LogP contribution >= 0.6 is 0 Å². The molecule has 2 atom stereocenters. The van der Waals surface area contributed by atoms with Gasteiger partial charge < -0.3 is 10.5 Å². The fourth-order valence-corrected chi connectivity index (χ4v) is 2.57. The third-order valence-electron chi connectivity index (χ3n) is 3.76. The molecule has 1 saturated carbocycles. The van der Waals surface area contributed by atoms with Crippen molar-refractivity contribution in [2.45, 2.75) is 26.2 Å². The van der Waals surface area contributed by atoms with Gasteiger partial charge in [-0.05, 0) is 43.1 Å². The van der Waals surface area contributed by atoms with E-state index in [9.17, 15) is 0 Å². The van der Waals surface area contributed by atoms with Crippen molar-refractivity contribution in [3.05, 3.63) is 0 Å². The summed E-state index contributed by atoms with van der Waals surface area (Å²) in [6.45, 7) is 5.23. The third kappa shape index (κ3) is 1.38. The van der Waals surface area contributed by atoms with E-state index in [1.165, 1.54) is 19.3 Å². The lowest BCUT2D eigenvalue weighted by Gasteiger charge is -2.34. The molecule has 2 nitrogen and oxygen atoms in total. The molecule has 2 fully saturated rings. The van der Waals surface area contributed by atoms with Gasteiger partial charge in [0.2, 0.25) is 0 Å². The Bertz CT molecular complexity index is 163. The molecule has 1 aliphatic heterocycles. The molecule has 1 saturated heterocycles. The van der Waals surface area contributed by atoms with Crippen LogP contribution in [0.2, 0.25) is 0 Å². The zero-order valence-electron chi connectivity index (χ0n) is 7.88. The van der Waals surface area contributed by atoms with Gasteiger partial charge in [-0.15, -0.1) is 0 Å². The lowest BCUT2D eigenvalue weighted by molar-refractivity contribution is 0.0103. The molecule has 70 valence electrons. The molecule has 0 aromatic heterocycles. The van der Waals surface area contributed by atoms with Crippen LogP contribution in [0.25, 0.3) is 0 Å². The lowest BCUT2D eigenvalue weighted by atomic mass is 9.77. The van der Waals surface area contributed by atoms with Crippen LogP contribution in [-0.4, -0.2) is 19.8 Å². The minimum absolute atomic E-state index is 0.558. The molecule has 0 radical (unpaired) electrons. The summed E-state index contributed by atoms with van der Waals surface area (Å²) in [5.41, 5.74) is 6.22. The average molecular weight is 169 g/mol. The number of hydrogen-bond donors (Lipinski definition) is 1. The van der Waals surface area contributed by atoms with Crippen molar-refractivity contribution in [3.63, 3.8) is 0 Å². The van der Waals surface area contributed by atoms with Gasteiger partial charge in [0.1, 0.15) is 0 Å². The predicted octanol–water partition coefficient (Wildman–Crippen LogP) is 1.40. The second-order valence-corrected chi connectivity index (χ2v) is 4.60. The van der Waals surface area contributed by atoms with Gasteiger partial charge in [0, 0.05) is 13.2 Å². The van der Waals surface area contributed by atoms with Crippen LogP contribution < -0.4 is 5.73 Å². The molecule has 2 N–H and O–H groups in total. The van der Waals surface area contributed by atoms with E-state index in [-0.39, 0.29) is 0 Å². The molecule has 0 aromatic carbocycles. The summed E-state index contributed by atoms with van der Waals surface area (Å²) >= 11 is 0. The highest BCUT2D eigenvalue weighted by Gasteiger charge is 2.49. The fourth-order valence-electron chi connectivity index (χ4n) is 2.57. The van der Waals surface area contributed by atoms with E-state index in [2.05, 4.69) is 6.92 Å². The molecule has 12 heavy (non-hydrogen) atoms. The second-order valence-electron chi connectivity index (χ2n) is 4.60. The molecule has 0 bridgehead atoms. The largest absolute Gasteiger partial charge is 0.381 e. The van der Waals surface area contributed by atoms with Crippen LogP contribution in [0.3, 0.4) is 0 Å². The summed E-state index contributed by atoms with van der Waals surface area (Å²) in [6.07, 6.45) is 3.86. The second kappa shape index (κ2) is 3.00. The number of nitrogens with two attached hydrogens (primary N) is 1. The minimum Gasteiger partial charge on any atom is -0.381 e. The Labute approximate surface area is 74.5 Å². The Morgan fingerprint density at radius 2 is 2.08 bits per heavy atom. The Morgan fingerprint density at radius 3 is 2.58 bits per heavy atom. The van der Waals surface area contributed by atoms with Crippen LogP contribution in [0, 0.1) is 17.3 Å². The summed E-state index contributed by atoms with van der Waals surface area (Å²) in [7, 11) is 0. The molecular weight excluding hydrogens is 150 g/mol. The van der Waals surface area contributed by atoms with Crippen molar-refractivity contribution in [2.75, 3.05) is 19.8 Å². The van der Waals surface area contributed by atoms with E-state index < -0.39 is 0 Å². The lowest BCUT2D eigenvalue weighted by Crippen LogP contribution is -2.29. The highest BCUT2D eigenvalue weighted by molar-refractivity contribution is 4.99. The van der Waals surface area contributed by atoms with Gasteiger partial charge in [0.15, 0.2) is 0 Å². The smallest absolute Gasteiger partial charge is 0.0471 e. The maximum atomic E-state index is 5.66. The van der Waals surface area contributed by atoms with Crippen molar-refractivity contribution in [1.82, 2.24) is 0 Å². The van der Waals surface area contributed by atoms with Crippen molar-refractivity contribution in [3.8, 4) is 0 Å². The van der Waals surface area contributed by atoms with E-state index in [1.54, 1.807) is 0 Å². The highest BCUT2D eigenvalue weighted by atomic mass is 16.5. The number of rotatable bonds is 2. The van der Waals surface area contributed by atoms with Crippen LogP contribution in [0.4, 0.5) is 0 Å². The van der Waals surface area contributed by atoms with E-state index >= 15 is 0 Å². The molecule has 0 spiro atoms. The Morgan fingerprint density at radius 1 is 1.42 bits per heavy atom. The molecular formula is C10H19NO. The summed E-state index contributed by atoms with van der Waals surface area (Å²) in [6, 6.07) is 0. The summed E-state index contributed by atoms with van der Waals surface area (Å²) in [5, 5.41) is 0. The number of hydrogen-bond acceptors (Lipinski definition) is 2. The number of ether oxygens (including phenoxy) is 1. The van der Waals surface area contributed by atoms with Crippen molar-refractivity contribution < 1.29 is 4.74 Å². The topological polar surface area (TPSA) is 35.2 Å². The summed E-state index contributed by atoms with van der Waals surface area (Å²) < 4.78 is 5.38. The van der Waals surface area contributed by atoms with Crippen LogP contribution in [0.15, 0.2) is 0 Å². The van der Waals surface area contributed by atoms with Gasteiger partial charge in [-0.3, -0.25) is 0 Å². The van der Waals surface area contributed by atoms with Crippen LogP contribution in [0.5, 0.6) is 0 Å². The molecule has 2 aliphatic rings. The highest BCUT2D eigenvalue weighted by Crippen LogP contribution is 2.54. The standard InChI is InChI=1S/C10H19NO/c1-10(2-4-12-5-3-10)9-6-8(9)7-11/h8-9H,2-7,11H2,1H3. The van der Waals surface area contributed by atoms with Crippen molar-refractivity contribution in [1.29, 1.82) is 0 Å². The quantitative estimate of drug-likeness (QED) is 0.678. The van der Waals surface area contributed by atoms with Gasteiger partial charge in [-0.2, -0.15) is 0 Å². The first kappa shape index (κ1) is 8.52. The van der Waals surface area contributed by atoms with Gasteiger partial charge >= 0.3 is 0 Å². The maximum absolute atomic E-state index is 5.66. The average Bonchev–Trinajstić information content (AvgIpc) is 2.84. The van der Waals surface area contributed by atoms with Gasteiger partial charge in [-0.1, -0.05) is 6.92 Å². The molecule has 2 rings (SSSR count). The van der Waals surface area contributed by atoms with Crippen LogP contribution in [0.1, 0.15) is 26.2 Å². The molecule has 2 heteroatoms. The van der Waals surface area contributed by atoms with Crippen molar-refractivity contribution >= 4 is 0 Å². The van der Waals surface area contributed by atoms with E-state index in [0.717, 1.165) is 31.6 Å². The first-order chi connectivity index (χ1) is 5.76. The molecule has 0 amide bonds. The third-order valence-corrected chi connectivity index (χ3v) is 3.76. The zero-order chi connectivity index (χ0) is 8.60. The van der Waals surface area contributed by atoms with E-state index in [0.29, 0.717) is 5.41 Å². The van der Waals surface area contributed by atoms with Gasteiger partial charge in [0.05, 0.1) is 0 Å². The Balaban J connectivity index is 1.92. The van der Waals surface area contributed by atoms with Gasteiger partial charge in [-0.25, -0.2) is 0 Å². The first-order valence-corrected chi connectivity index (χ1v) is 5.04. The Kier molecular flexibility index (Phi) is 2.13. The SMILES string of the molecule is CC1(C2CC2CN)CCOCC1. The van der Waals surface area contributed by atoms with Crippen LogP contribution in [-0.2, 0) is 4.74 Å². The first-order valence-electron chi connectivity index (χ1n) is 5.04.